The molecule has 5 rings (SSSR count). The van der Waals surface area contributed by atoms with Crippen LogP contribution < -0.4 is 5.32 Å². The van der Waals surface area contributed by atoms with E-state index in [1.54, 1.807) is 25.4 Å². The molecule has 0 aliphatic heterocycles. The van der Waals surface area contributed by atoms with Crippen molar-refractivity contribution in [2.24, 2.45) is 5.92 Å². The van der Waals surface area contributed by atoms with E-state index in [9.17, 15) is 17.6 Å². The summed E-state index contributed by atoms with van der Waals surface area (Å²) in [5.41, 5.74) is 2.77. The largest absolute Gasteiger partial charge is 0.460 e. The second kappa shape index (κ2) is 14.4. The molecule has 1 N–H and O–H groups in total. The third kappa shape index (κ3) is 9.51. The first-order valence-electron chi connectivity index (χ1n) is 15.6. The zero-order valence-electron chi connectivity index (χ0n) is 27.1. The minimum atomic E-state index is -3.71. The Morgan fingerprint density at radius 1 is 0.957 bits per heavy atom. The minimum Gasteiger partial charge on any atom is -0.460 e. The van der Waals surface area contributed by atoms with Crippen LogP contribution >= 0.6 is 0 Å². The summed E-state index contributed by atoms with van der Waals surface area (Å²) in [6.45, 7) is 5.86. The van der Waals surface area contributed by atoms with Crippen molar-refractivity contribution in [2.75, 3.05) is 12.4 Å². The number of sulfone groups is 1. The number of fused-ring (bicyclic) bond motifs is 1. The second-order valence-corrected chi connectivity index (χ2v) is 15.2. The molecule has 250 valence electrons. The standard InChI is InChI=1S/C35H40F2N4O5S/c1-35(2,3)46-32(42)15-22-7-13-28(14-8-22)39-34-38-18-31-33(41-34)26(19-45-4)17-30(40-31)24-9-10-25(29(37)16-24)21-47(43,44)20-23-5-11-27(36)12-6-23/h5-6,9-12,16-18,22,28H,7-8,13-15,19-21H2,1-4H3,(H,38,39,41). The Hall–Kier alpha value is -4.03. The Bertz CT molecular complexity index is 1840. The van der Waals surface area contributed by atoms with E-state index >= 15 is 4.39 Å². The number of halogens is 2. The molecule has 0 radical (unpaired) electrons. The van der Waals surface area contributed by atoms with E-state index in [1.807, 2.05) is 20.8 Å². The molecule has 47 heavy (non-hydrogen) atoms. The van der Waals surface area contributed by atoms with Crippen LogP contribution in [0.3, 0.4) is 0 Å². The number of pyridine rings is 1. The Labute approximate surface area is 274 Å². The molecular weight excluding hydrogens is 626 g/mol. The van der Waals surface area contributed by atoms with Crippen molar-refractivity contribution < 1.29 is 31.5 Å². The van der Waals surface area contributed by atoms with Crippen LogP contribution in [0.2, 0.25) is 0 Å². The maximum Gasteiger partial charge on any atom is 0.306 e. The summed E-state index contributed by atoms with van der Waals surface area (Å²) in [6.07, 6.45) is 5.61. The van der Waals surface area contributed by atoms with Crippen molar-refractivity contribution in [3.05, 3.63) is 83.1 Å². The number of methoxy groups -OCH3 is 1. The van der Waals surface area contributed by atoms with Gasteiger partial charge in [0.1, 0.15) is 22.8 Å². The summed E-state index contributed by atoms with van der Waals surface area (Å²) in [5, 5.41) is 3.43. The van der Waals surface area contributed by atoms with E-state index in [4.69, 9.17) is 14.5 Å². The number of hydrogen-bond donors (Lipinski definition) is 1. The van der Waals surface area contributed by atoms with E-state index in [1.165, 1.54) is 36.4 Å². The summed E-state index contributed by atoms with van der Waals surface area (Å²) in [4.78, 5) is 26.2. The number of rotatable bonds is 11. The molecule has 9 nitrogen and oxygen atoms in total. The lowest BCUT2D eigenvalue weighted by atomic mass is 9.84. The lowest BCUT2D eigenvalue weighted by Crippen LogP contribution is -2.30. The van der Waals surface area contributed by atoms with Gasteiger partial charge in [0, 0.05) is 36.3 Å². The molecule has 0 unspecified atom stereocenters. The van der Waals surface area contributed by atoms with Gasteiger partial charge in [0.15, 0.2) is 9.84 Å². The van der Waals surface area contributed by atoms with Crippen LogP contribution in [-0.2, 0) is 42.2 Å². The minimum absolute atomic E-state index is 0.0340. The summed E-state index contributed by atoms with van der Waals surface area (Å²) in [7, 11) is -2.14. The Morgan fingerprint density at radius 2 is 1.68 bits per heavy atom. The highest BCUT2D eigenvalue weighted by Crippen LogP contribution is 2.31. The first kappa shape index (κ1) is 34.3. The van der Waals surface area contributed by atoms with E-state index < -0.39 is 32.8 Å². The van der Waals surface area contributed by atoms with Crippen molar-refractivity contribution in [3.63, 3.8) is 0 Å². The number of anilines is 1. The fourth-order valence-electron chi connectivity index (χ4n) is 5.83. The van der Waals surface area contributed by atoms with E-state index in [0.29, 0.717) is 46.1 Å². The smallest absolute Gasteiger partial charge is 0.306 e. The van der Waals surface area contributed by atoms with E-state index in [0.717, 1.165) is 31.2 Å². The predicted octanol–water partition coefficient (Wildman–Crippen LogP) is 6.93. The lowest BCUT2D eigenvalue weighted by Gasteiger charge is -2.29. The van der Waals surface area contributed by atoms with Crippen LogP contribution in [0, 0.1) is 17.6 Å². The van der Waals surface area contributed by atoms with Crippen molar-refractivity contribution in [1.29, 1.82) is 0 Å². The number of esters is 1. The molecule has 0 spiro atoms. The van der Waals surface area contributed by atoms with Crippen molar-refractivity contribution >= 4 is 32.8 Å². The van der Waals surface area contributed by atoms with Crippen LogP contribution in [0.4, 0.5) is 14.7 Å². The molecular formula is C35H40F2N4O5S. The Balaban J connectivity index is 1.27. The number of hydrogen-bond acceptors (Lipinski definition) is 9. The molecule has 0 saturated heterocycles. The van der Waals surface area contributed by atoms with Gasteiger partial charge in [-0.05, 0) is 82.2 Å². The summed E-state index contributed by atoms with van der Waals surface area (Å²) in [6, 6.07) is 11.5. The lowest BCUT2D eigenvalue weighted by molar-refractivity contribution is -0.156. The maximum atomic E-state index is 15.2. The van der Waals surface area contributed by atoms with E-state index in [-0.39, 0.29) is 29.9 Å². The predicted molar refractivity (Wildman–Crippen MR) is 176 cm³/mol. The molecule has 0 bridgehead atoms. The van der Waals surface area contributed by atoms with Gasteiger partial charge >= 0.3 is 5.97 Å². The maximum absolute atomic E-state index is 15.2. The number of carbonyl (C=O) groups is 1. The van der Waals surface area contributed by atoms with Crippen molar-refractivity contribution in [3.8, 4) is 11.3 Å². The monoisotopic (exact) mass is 666 g/mol. The SMILES string of the molecule is COCc1cc(-c2ccc(CS(=O)(=O)Cc3ccc(F)cc3)c(F)c2)nc2cnc(NC3CCC(CC(=O)OC(C)(C)C)CC3)nc12. The number of carbonyl (C=O) groups excluding carboxylic acids is 1. The first-order chi connectivity index (χ1) is 22.3. The summed E-state index contributed by atoms with van der Waals surface area (Å²) < 4.78 is 64.8. The van der Waals surface area contributed by atoms with Crippen LogP contribution in [0.1, 0.15) is 69.6 Å². The first-order valence-corrected chi connectivity index (χ1v) is 17.5. The summed E-state index contributed by atoms with van der Waals surface area (Å²) >= 11 is 0. The molecule has 1 aliphatic carbocycles. The zero-order valence-corrected chi connectivity index (χ0v) is 27.9. The zero-order chi connectivity index (χ0) is 33.8. The van der Waals surface area contributed by atoms with Crippen LogP contribution in [0.5, 0.6) is 0 Å². The molecule has 1 saturated carbocycles. The van der Waals surface area contributed by atoms with Gasteiger partial charge in [-0.1, -0.05) is 24.3 Å². The van der Waals surface area contributed by atoms with Gasteiger partial charge < -0.3 is 14.8 Å². The molecule has 0 amide bonds. The third-order valence-electron chi connectivity index (χ3n) is 8.00. The topological polar surface area (TPSA) is 120 Å². The van der Waals surface area contributed by atoms with Crippen LogP contribution in [0.15, 0.2) is 54.7 Å². The second-order valence-electron chi connectivity index (χ2n) is 13.1. The van der Waals surface area contributed by atoms with Crippen LogP contribution in [-0.4, -0.2) is 48.1 Å². The highest BCUT2D eigenvalue weighted by atomic mass is 32.2. The quantitative estimate of drug-likeness (QED) is 0.170. The van der Waals surface area contributed by atoms with Gasteiger partial charge in [0.25, 0.3) is 0 Å². The molecule has 2 aromatic heterocycles. The average molecular weight is 667 g/mol. The molecule has 2 heterocycles. The van der Waals surface area contributed by atoms with Gasteiger partial charge in [0.2, 0.25) is 5.95 Å². The fraction of sp³-hybridized carbons (Fsp3) is 0.429. The number of nitrogens with zero attached hydrogens (tertiary/aromatic N) is 3. The van der Waals surface area contributed by atoms with Gasteiger partial charge in [-0.25, -0.2) is 32.2 Å². The third-order valence-corrected chi connectivity index (χ3v) is 9.53. The number of aromatic nitrogens is 3. The molecule has 12 heteroatoms. The molecule has 1 aliphatic rings. The number of ether oxygens (including phenoxy) is 2. The normalized spacial score (nSPS) is 17.1. The number of nitrogens with one attached hydrogen (secondary N) is 1. The molecule has 0 atom stereocenters. The number of benzene rings is 2. The molecule has 1 fully saturated rings. The van der Waals surface area contributed by atoms with E-state index in [2.05, 4.69) is 15.3 Å². The highest BCUT2D eigenvalue weighted by Gasteiger charge is 2.26. The Kier molecular flexibility index (Phi) is 10.5. The van der Waals surface area contributed by atoms with Gasteiger partial charge in [0.05, 0.1) is 35.5 Å². The fourth-order valence-corrected chi connectivity index (χ4v) is 7.34. The summed E-state index contributed by atoms with van der Waals surface area (Å²) in [5.74, 6) is -1.34. The van der Waals surface area contributed by atoms with Gasteiger partial charge in [-0.2, -0.15) is 0 Å². The highest BCUT2D eigenvalue weighted by molar-refractivity contribution is 7.89. The van der Waals surface area contributed by atoms with Crippen LogP contribution in [0.25, 0.3) is 22.3 Å². The molecule has 4 aromatic rings. The molecule has 2 aromatic carbocycles. The van der Waals surface area contributed by atoms with Gasteiger partial charge in [-0.15, -0.1) is 0 Å². The van der Waals surface area contributed by atoms with Gasteiger partial charge in [-0.3, -0.25) is 4.79 Å². The average Bonchev–Trinajstić information content (AvgIpc) is 2.99. The van der Waals surface area contributed by atoms with Crippen molar-refractivity contribution in [1.82, 2.24) is 15.0 Å². The Morgan fingerprint density at radius 3 is 2.34 bits per heavy atom. The van der Waals surface area contributed by atoms with Crippen molar-refractivity contribution in [2.45, 2.75) is 82.6 Å².